The van der Waals surface area contributed by atoms with Gasteiger partial charge in [0.05, 0.1) is 30.5 Å². The number of nitrogens with zero attached hydrogens (tertiary/aromatic N) is 1. The van der Waals surface area contributed by atoms with Crippen LogP contribution in [0.3, 0.4) is 0 Å². The van der Waals surface area contributed by atoms with Gasteiger partial charge in [0.15, 0.2) is 0 Å². The molecular weight excluding hydrogens is 364 g/mol. The summed E-state index contributed by atoms with van der Waals surface area (Å²) in [6, 6.07) is 10.0. The van der Waals surface area contributed by atoms with E-state index in [4.69, 9.17) is 9.47 Å². The second-order valence-corrected chi connectivity index (χ2v) is 5.30. The van der Waals surface area contributed by atoms with Crippen LogP contribution in [0.15, 0.2) is 46.0 Å². The molecule has 120 valence electrons. The number of para-hydroxylation sites is 1. The zero-order valence-electron chi connectivity index (χ0n) is 12.5. The first-order valence-corrected chi connectivity index (χ1v) is 7.39. The maximum absolute atomic E-state index is 12.1. The molecule has 0 aromatic heterocycles. The summed E-state index contributed by atoms with van der Waals surface area (Å²) >= 11 is 3.22. The first kappa shape index (κ1) is 16.8. The molecule has 0 aliphatic rings. The lowest BCUT2D eigenvalue weighted by Gasteiger charge is -2.07. The predicted octanol–water partition coefficient (Wildman–Crippen LogP) is 2.94. The van der Waals surface area contributed by atoms with Gasteiger partial charge >= 0.3 is 0 Å². The number of rotatable bonds is 5. The van der Waals surface area contributed by atoms with Gasteiger partial charge in [0, 0.05) is 5.56 Å². The number of carbonyl (C=O) groups is 1. The van der Waals surface area contributed by atoms with Gasteiger partial charge in [-0.2, -0.15) is 5.10 Å². The van der Waals surface area contributed by atoms with Gasteiger partial charge in [0.25, 0.3) is 5.91 Å². The van der Waals surface area contributed by atoms with Crippen LogP contribution in [0, 0.1) is 0 Å². The molecule has 0 bridgehead atoms. The van der Waals surface area contributed by atoms with Gasteiger partial charge in [0.2, 0.25) is 0 Å². The van der Waals surface area contributed by atoms with E-state index in [1.165, 1.54) is 20.4 Å². The fourth-order valence-corrected chi connectivity index (χ4v) is 2.32. The van der Waals surface area contributed by atoms with E-state index < -0.39 is 5.91 Å². The quantitative estimate of drug-likeness (QED) is 0.619. The Hall–Kier alpha value is -2.54. The number of aromatic hydroxyl groups is 1. The Bertz CT molecular complexity index is 747. The number of phenols is 1. The third-order valence-corrected chi connectivity index (χ3v) is 3.63. The summed E-state index contributed by atoms with van der Waals surface area (Å²) in [4.78, 5) is 12.1. The SMILES string of the molecule is COc1cc(Br)c(O)c(/C=N\NC(=O)c2ccccc2OC)c1. The molecule has 0 aliphatic carbocycles. The molecule has 2 N–H and O–H groups in total. The lowest BCUT2D eigenvalue weighted by Crippen LogP contribution is -2.18. The number of hydrazone groups is 1. The molecule has 7 heteroatoms. The normalized spacial score (nSPS) is 10.6. The summed E-state index contributed by atoms with van der Waals surface area (Å²) in [5.74, 6) is 0.584. The molecule has 0 saturated heterocycles. The summed E-state index contributed by atoms with van der Waals surface area (Å²) in [7, 11) is 3.00. The van der Waals surface area contributed by atoms with E-state index in [9.17, 15) is 9.90 Å². The van der Waals surface area contributed by atoms with Crippen molar-refractivity contribution in [3.8, 4) is 17.2 Å². The van der Waals surface area contributed by atoms with Crippen LogP contribution in [-0.4, -0.2) is 31.4 Å². The van der Waals surface area contributed by atoms with Crippen LogP contribution >= 0.6 is 15.9 Å². The molecule has 2 aromatic carbocycles. The lowest BCUT2D eigenvalue weighted by molar-refractivity contribution is 0.0952. The predicted molar refractivity (Wildman–Crippen MR) is 90.4 cm³/mol. The maximum atomic E-state index is 12.1. The molecule has 1 amide bonds. The van der Waals surface area contributed by atoms with Gasteiger partial charge in [-0.3, -0.25) is 4.79 Å². The van der Waals surface area contributed by atoms with Crippen molar-refractivity contribution in [3.63, 3.8) is 0 Å². The standard InChI is InChI=1S/C16H15BrN2O4/c1-22-11-7-10(15(20)13(17)8-11)9-18-19-16(21)12-5-3-4-6-14(12)23-2/h3-9,20H,1-2H3,(H,19,21)/b18-9-. The molecule has 0 heterocycles. The van der Waals surface area contributed by atoms with E-state index in [1.54, 1.807) is 36.4 Å². The van der Waals surface area contributed by atoms with Crippen molar-refractivity contribution in [2.24, 2.45) is 5.10 Å². The van der Waals surface area contributed by atoms with E-state index in [-0.39, 0.29) is 5.75 Å². The minimum Gasteiger partial charge on any atom is -0.506 e. The van der Waals surface area contributed by atoms with Crippen molar-refractivity contribution >= 4 is 28.1 Å². The lowest BCUT2D eigenvalue weighted by atomic mass is 10.2. The van der Waals surface area contributed by atoms with Gasteiger partial charge in [-0.25, -0.2) is 5.43 Å². The average molecular weight is 379 g/mol. The Morgan fingerprint density at radius 2 is 2.00 bits per heavy atom. The molecule has 2 rings (SSSR count). The number of methoxy groups -OCH3 is 2. The molecule has 2 aromatic rings. The van der Waals surface area contributed by atoms with Crippen LogP contribution in [0.25, 0.3) is 0 Å². The maximum Gasteiger partial charge on any atom is 0.275 e. The van der Waals surface area contributed by atoms with E-state index >= 15 is 0 Å². The second kappa shape index (κ2) is 7.64. The number of carbonyl (C=O) groups excluding carboxylic acids is 1. The van der Waals surface area contributed by atoms with Crippen LogP contribution < -0.4 is 14.9 Å². The first-order chi connectivity index (χ1) is 11.1. The van der Waals surface area contributed by atoms with Gasteiger partial charge in [0.1, 0.15) is 17.2 Å². The molecule has 0 unspecified atom stereocenters. The van der Waals surface area contributed by atoms with Crippen molar-refractivity contribution in [3.05, 3.63) is 52.0 Å². The molecular formula is C16H15BrN2O4. The van der Waals surface area contributed by atoms with Gasteiger partial charge in [-0.15, -0.1) is 0 Å². The number of benzene rings is 2. The van der Waals surface area contributed by atoms with E-state index in [1.807, 2.05) is 0 Å². The molecule has 0 spiro atoms. The minimum absolute atomic E-state index is 0.00101. The Balaban J connectivity index is 2.16. The fraction of sp³-hybridized carbons (Fsp3) is 0.125. The van der Waals surface area contributed by atoms with Crippen molar-refractivity contribution in [1.29, 1.82) is 0 Å². The zero-order chi connectivity index (χ0) is 16.8. The number of hydrogen-bond donors (Lipinski definition) is 2. The average Bonchev–Trinajstić information content (AvgIpc) is 2.58. The van der Waals surface area contributed by atoms with E-state index in [0.717, 1.165) is 0 Å². The van der Waals surface area contributed by atoms with Crippen LogP contribution in [0.1, 0.15) is 15.9 Å². The Labute approximate surface area is 141 Å². The Morgan fingerprint density at radius 3 is 2.70 bits per heavy atom. The summed E-state index contributed by atoms with van der Waals surface area (Å²) in [6.45, 7) is 0. The molecule has 23 heavy (non-hydrogen) atoms. The molecule has 0 radical (unpaired) electrons. The smallest absolute Gasteiger partial charge is 0.275 e. The summed E-state index contributed by atoms with van der Waals surface area (Å²) in [5, 5.41) is 13.8. The number of phenolic OH excluding ortho intramolecular Hbond substituents is 1. The number of halogens is 1. The van der Waals surface area contributed by atoms with Crippen LogP contribution in [-0.2, 0) is 0 Å². The number of nitrogens with one attached hydrogen (secondary N) is 1. The summed E-state index contributed by atoms with van der Waals surface area (Å²) in [5.41, 5.74) is 3.15. The first-order valence-electron chi connectivity index (χ1n) is 6.59. The minimum atomic E-state index is -0.417. The molecule has 0 atom stereocenters. The zero-order valence-corrected chi connectivity index (χ0v) is 14.1. The third-order valence-electron chi connectivity index (χ3n) is 3.02. The third kappa shape index (κ3) is 4.01. The highest BCUT2D eigenvalue weighted by atomic mass is 79.9. The number of ether oxygens (including phenoxy) is 2. The summed E-state index contributed by atoms with van der Waals surface area (Å²) in [6.07, 6.45) is 1.33. The van der Waals surface area contributed by atoms with Gasteiger partial charge in [-0.05, 0) is 40.2 Å². The van der Waals surface area contributed by atoms with E-state index in [2.05, 4.69) is 26.5 Å². The highest BCUT2D eigenvalue weighted by molar-refractivity contribution is 9.10. The molecule has 0 aliphatic heterocycles. The largest absolute Gasteiger partial charge is 0.506 e. The number of amides is 1. The highest BCUT2D eigenvalue weighted by Crippen LogP contribution is 2.31. The van der Waals surface area contributed by atoms with Crippen molar-refractivity contribution in [1.82, 2.24) is 5.43 Å². The Kier molecular flexibility index (Phi) is 5.59. The van der Waals surface area contributed by atoms with Crippen molar-refractivity contribution < 1.29 is 19.4 Å². The molecule has 0 fully saturated rings. The fourth-order valence-electron chi connectivity index (χ4n) is 1.86. The van der Waals surface area contributed by atoms with Crippen molar-refractivity contribution in [2.75, 3.05) is 14.2 Å². The van der Waals surface area contributed by atoms with E-state index in [0.29, 0.717) is 27.1 Å². The van der Waals surface area contributed by atoms with Crippen molar-refractivity contribution in [2.45, 2.75) is 0 Å². The van der Waals surface area contributed by atoms with Gasteiger partial charge in [-0.1, -0.05) is 12.1 Å². The van der Waals surface area contributed by atoms with Crippen LogP contribution in [0.5, 0.6) is 17.2 Å². The second-order valence-electron chi connectivity index (χ2n) is 4.45. The Morgan fingerprint density at radius 1 is 1.26 bits per heavy atom. The van der Waals surface area contributed by atoms with Crippen LogP contribution in [0.2, 0.25) is 0 Å². The summed E-state index contributed by atoms with van der Waals surface area (Å²) < 4.78 is 10.7. The van der Waals surface area contributed by atoms with Gasteiger partial charge < -0.3 is 14.6 Å². The molecule has 0 saturated carbocycles. The number of hydrogen-bond acceptors (Lipinski definition) is 5. The topological polar surface area (TPSA) is 80.2 Å². The van der Waals surface area contributed by atoms with Crippen LogP contribution in [0.4, 0.5) is 0 Å². The monoisotopic (exact) mass is 378 g/mol. The highest BCUT2D eigenvalue weighted by Gasteiger charge is 2.11. The molecule has 6 nitrogen and oxygen atoms in total.